The SMILES string of the molecule is COC(CN)C(=O)NOCC(=O)O. The van der Waals surface area contributed by atoms with E-state index in [1.165, 1.54) is 7.11 Å². The molecule has 0 saturated carbocycles. The summed E-state index contributed by atoms with van der Waals surface area (Å²) in [6, 6.07) is 0. The van der Waals surface area contributed by atoms with Crippen molar-refractivity contribution in [3.05, 3.63) is 0 Å². The minimum absolute atomic E-state index is 0.00123. The van der Waals surface area contributed by atoms with E-state index in [4.69, 9.17) is 10.8 Å². The normalized spacial score (nSPS) is 12.2. The number of ether oxygens (including phenoxy) is 1. The second kappa shape index (κ2) is 6.35. The highest BCUT2D eigenvalue weighted by Crippen LogP contribution is 1.86. The van der Waals surface area contributed by atoms with Crippen LogP contribution in [-0.4, -0.2) is 43.3 Å². The number of methoxy groups -OCH3 is 1. The van der Waals surface area contributed by atoms with Crippen LogP contribution in [0, 0.1) is 0 Å². The Kier molecular flexibility index (Phi) is 5.77. The first-order valence-corrected chi connectivity index (χ1v) is 3.48. The lowest BCUT2D eigenvalue weighted by molar-refractivity contribution is -0.153. The van der Waals surface area contributed by atoms with Crippen LogP contribution in [0.25, 0.3) is 0 Å². The zero-order valence-corrected chi connectivity index (χ0v) is 7.15. The lowest BCUT2D eigenvalue weighted by Crippen LogP contribution is -2.41. The van der Waals surface area contributed by atoms with Gasteiger partial charge >= 0.3 is 5.97 Å². The van der Waals surface area contributed by atoms with Gasteiger partial charge in [-0.3, -0.25) is 9.63 Å². The second-order valence-corrected chi connectivity index (χ2v) is 2.11. The summed E-state index contributed by atoms with van der Waals surface area (Å²) in [5, 5.41) is 8.15. The van der Waals surface area contributed by atoms with Crippen LogP contribution >= 0.6 is 0 Å². The molecule has 1 unspecified atom stereocenters. The van der Waals surface area contributed by atoms with Crippen molar-refractivity contribution in [2.75, 3.05) is 20.3 Å². The first-order chi connectivity index (χ1) is 6.11. The fourth-order valence-corrected chi connectivity index (χ4v) is 0.545. The standard InChI is InChI=1S/C6H12N2O5/c1-12-4(2-7)6(11)8-13-3-5(9)10/h4H,2-3,7H2,1H3,(H,8,11)(H,9,10). The Morgan fingerprint density at radius 1 is 1.62 bits per heavy atom. The predicted octanol–water partition coefficient (Wildman–Crippen LogP) is -1.91. The molecule has 0 saturated heterocycles. The summed E-state index contributed by atoms with van der Waals surface area (Å²) < 4.78 is 4.65. The number of hydrogen-bond donors (Lipinski definition) is 3. The molecular formula is C6H12N2O5. The van der Waals surface area contributed by atoms with E-state index in [9.17, 15) is 9.59 Å². The maximum atomic E-state index is 11.0. The van der Waals surface area contributed by atoms with Crippen LogP contribution in [-0.2, 0) is 19.2 Å². The van der Waals surface area contributed by atoms with E-state index in [1.54, 1.807) is 0 Å². The van der Waals surface area contributed by atoms with Gasteiger partial charge in [0, 0.05) is 13.7 Å². The Hall–Kier alpha value is -1.18. The summed E-state index contributed by atoms with van der Waals surface area (Å²) >= 11 is 0. The van der Waals surface area contributed by atoms with E-state index < -0.39 is 24.6 Å². The molecule has 76 valence electrons. The molecule has 0 bridgehead atoms. The van der Waals surface area contributed by atoms with E-state index >= 15 is 0 Å². The van der Waals surface area contributed by atoms with Gasteiger partial charge in [0.15, 0.2) is 6.61 Å². The lowest BCUT2D eigenvalue weighted by Gasteiger charge is -2.11. The first-order valence-electron chi connectivity index (χ1n) is 3.48. The van der Waals surface area contributed by atoms with Gasteiger partial charge in [-0.15, -0.1) is 0 Å². The van der Waals surface area contributed by atoms with Crippen molar-refractivity contribution in [3.63, 3.8) is 0 Å². The number of carboxylic acid groups (broad SMARTS) is 1. The van der Waals surface area contributed by atoms with Gasteiger partial charge in [-0.1, -0.05) is 0 Å². The Morgan fingerprint density at radius 3 is 2.62 bits per heavy atom. The van der Waals surface area contributed by atoms with Gasteiger partial charge in [0.05, 0.1) is 0 Å². The monoisotopic (exact) mass is 192 g/mol. The highest BCUT2D eigenvalue weighted by atomic mass is 16.7. The summed E-state index contributed by atoms with van der Waals surface area (Å²) in [7, 11) is 1.31. The van der Waals surface area contributed by atoms with Crippen LogP contribution in [0.2, 0.25) is 0 Å². The molecule has 0 radical (unpaired) electrons. The molecule has 0 aromatic heterocycles. The molecule has 0 aromatic carbocycles. The molecule has 0 rings (SSSR count). The molecule has 0 spiro atoms. The zero-order valence-electron chi connectivity index (χ0n) is 7.15. The summed E-state index contributed by atoms with van der Waals surface area (Å²) in [4.78, 5) is 25.2. The van der Waals surface area contributed by atoms with Gasteiger partial charge in [-0.25, -0.2) is 10.3 Å². The molecule has 1 amide bonds. The van der Waals surface area contributed by atoms with Gasteiger partial charge in [0.2, 0.25) is 0 Å². The average Bonchev–Trinajstić information content (AvgIpc) is 2.05. The molecule has 13 heavy (non-hydrogen) atoms. The number of nitrogens with two attached hydrogens (primary N) is 1. The number of carboxylic acids is 1. The van der Waals surface area contributed by atoms with Gasteiger partial charge < -0.3 is 15.6 Å². The number of carbonyl (C=O) groups is 2. The largest absolute Gasteiger partial charge is 0.479 e. The molecule has 7 nitrogen and oxygen atoms in total. The number of amides is 1. The fraction of sp³-hybridized carbons (Fsp3) is 0.667. The van der Waals surface area contributed by atoms with E-state index in [0.717, 1.165) is 0 Å². The van der Waals surface area contributed by atoms with Gasteiger partial charge in [-0.05, 0) is 0 Å². The van der Waals surface area contributed by atoms with Crippen molar-refractivity contribution in [2.24, 2.45) is 5.73 Å². The molecule has 0 heterocycles. The molecule has 0 aliphatic rings. The Balaban J connectivity index is 3.66. The van der Waals surface area contributed by atoms with Crippen molar-refractivity contribution in [2.45, 2.75) is 6.10 Å². The van der Waals surface area contributed by atoms with Crippen LogP contribution in [0.3, 0.4) is 0 Å². The van der Waals surface area contributed by atoms with Crippen LogP contribution in [0.1, 0.15) is 0 Å². The highest BCUT2D eigenvalue weighted by Gasteiger charge is 2.15. The molecule has 7 heteroatoms. The minimum atomic E-state index is -1.18. The minimum Gasteiger partial charge on any atom is -0.479 e. The number of rotatable bonds is 6. The Morgan fingerprint density at radius 2 is 2.23 bits per heavy atom. The van der Waals surface area contributed by atoms with Crippen molar-refractivity contribution in [1.29, 1.82) is 0 Å². The van der Waals surface area contributed by atoms with Crippen molar-refractivity contribution in [3.8, 4) is 0 Å². The third kappa shape index (κ3) is 5.12. The molecule has 1 atom stereocenters. The van der Waals surface area contributed by atoms with Crippen LogP contribution < -0.4 is 11.2 Å². The molecule has 0 fully saturated rings. The Bertz CT molecular complexity index is 180. The van der Waals surface area contributed by atoms with Crippen molar-refractivity contribution >= 4 is 11.9 Å². The molecule has 0 aromatic rings. The fourth-order valence-electron chi connectivity index (χ4n) is 0.545. The number of aliphatic carboxylic acids is 1. The van der Waals surface area contributed by atoms with Crippen molar-refractivity contribution < 1.29 is 24.3 Å². The van der Waals surface area contributed by atoms with Crippen LogP contribution in [0.5, 0.6) is 0 Å². The molecular weight excluding hydrogens is 180 g/mol. The lowest BCUT2D eigenvalue weighted by atomic mass is 10.3. The number of carbonyl (C=O) groups excluding carboxylic acids is 1. The zero-order chi connectivity index (χ0) is 10.3. The first kappa shape index (κ1) is 11.8. The maximum absolute atomic E-state index is 11.0. The summed E-state index contributed by atoms with van der Waals surface area (Å²) in [6.45, 7) is -0.606. The van der Waals surface area contributed by atoms with E-state index in [0.29, 0.717) is 0 Å². The molecule has 0 aliphatic carbocycles. The molecule has 4 N–H and O–H groups in total. The van der Waals surface area contributed by atoms with E-state index in [1.807, 2.05) is 5.48 Å². The number of nitrogens with one attached hydrogen (secondary N) is 1. The van der Waals surface area contributed by atoms with E-state index in [-0.39, 0.29) is 6.54 Å². The van der Waals surface area contributed by atoms with E-state index in [2.05, 4.69) is 9.57 Å². The summed E-state index contributed by atoms with van der Waals surface area (Å²) in [5.41, 5.74) is 7.05. The van der Waals surface area contributed by atoms with Gasteiger partial charge in [0.1, 0.15) is 6.10 Å². The number of hydrogen-bond acceptors (Lipinski definition) is 5. The quantitative estimate of drug-likeness (QED) is 0.423. The summed E-state index contributed by atoms with van der Waals surface area (Å²) in [6.07, 6.45) is -0.825. The van der Waals surface area contributed by atoms with Crippen LogP contribution in [0.15, 0.2) is 0 Å². The second-order valence-electron chi connectivity index (χ2n) is 2.11. The average molecular weight is 192 g/mol. The third-order valence-electron chi connectivity index (χ3n) is 1.16. The number of hydroxylamine groups is 1. The Labute approximate surface area is 74.8 Å². The van der Waals surface area contributed by atoms with Gasteiger partial charge in [-0.2, -0.15) is 0 Å². The smallest absolute Gasteiger partial charge is 0.332 e. The third-order valence-corrected chi connectivity index (χ3v) is 1.16. The predicted molar refractivity (Wildman–Crippen MR) is 41.6 cm³/mol. The van der Waals surface area contributed by atoms with Crippen molar-refractivity contribution in [1.82, 2.24) is 5.48 Å². The maximum Gasteiger partial charge on any atom is 0.332 e. The summed E-state index contributed by atoms with van der Waals surface area (Å²) in [5.74, 6) is -1.78. The highest BCUT2D eigenvalue weighted by molar-refractivity contribution is 5.80. The topological polar surface area (TPSA) is 111 Å². The van der Waals surface area contributed by atoms with Gasteiger partial charge in [0.25, 0.3) is 5.91 Å². The molecule has 0 aliphatic heterocycles. The van der Waals surface area contributed by atoms with Crippen LogP contribution in [0.4, 0.5) is 0 Å².